The monoisotopic (exact) mass is 481 g/mol. The highest BCUT2D eigenvalue weighted by molar-refractivity contribution is 6.74. The minimum absolute atomic E-state index is 0.0247. The first-order valence-electron chi connectivity index (χ1n) is 11.9. The van der Waals surface area contributed by atoms with Crippen molar-refractivity contribution in [2.24, 2.45) is 0 Å². The summed E-state index contributed by atoms with van der Waals surface area (Å²) >= 11 is 0. The normalized spacial score (nSPS) is 13.2. The number of carbonyl (C=O) groups is 1. The Labute approximate surface area is 204 Å². The summed E-state index contributed by atoms with van der Waals surface area (Å²) in [6, 6.07) is 9.63. The van der Waals surface area contributed by atoms with E-state index in [1.165, 1.54) is 0 Å². The van der Waals surface area contributed by atoms with Crippen molar-refractivity contribution in [1.29, 1.82) is 0 Å². The third-order valence-corrected chi connectivity index (χ3v) is 11.4. The van der Waals surface area contributed by atoms with Gasteiger partial charge < -0.3 is 18.8 Å². The van der Waals surface area contributed by atoms with Crippen LogP contribution in [0.25, 0.3) is 5.65 Å². The summed E-state index contributed by atoms with van der Waals surface area (Å²) in [6.45, 7) is 15.0. The molecule has 3 aromatic rings. The number of rotatable bonds is 7. The Morgan fingerprint density at radius 2 is 1.79 bits per heavy atom. The van der Waals surface area contributed by atoms with E-state index < -0.39 is 14.4 Å². The number of pyridine rings is 1. The molecule has 6 nitrogen and oxygen atoms in total. The van der Waals surface area contributed by atoms with Crippen molar-refractivity contribution in [2.75, 3.05) is 14.1 Å². The Bertz CT molecular complexity index is 1180. The number of hydrogen-bond donors (Lipinski definition) is 1. The lowest BCUT2D eigenvalue weighted by Crippen LogP contribution is -2.44. The first kappa shape index (κ1) is 26.0. The van der Waals surface area contributed by atoms with E-state index in [2.05, 4.69) is 33.9 Å². The summed E-state index contributed by atoms with van der Waals surface area (Å²) in [7, 11) is 1.27. The van der Waals surface area contributed by atoms with Crippen molar-refractivity contribution >= 4 is 19.9 Å². The van der Waals surface area contributed by atoms with Gasteiger partial charge in [-0.3, -0.25) is 4.79 Å². The highest BCUT2D eigenvalue weighted by Crippen LogP contribution is 2.41. The number of aromatic nitrogens is 2. The first-order chi connectivity index (χ1) is 15.7. The lowest BCUT2D eigenvalue weighted by molar-refractivity contribution is 0.0825. The summed E-state index contributed by atoms with van der Waals surface area (Å²) in [5.74, 6) is 0.590. The number of imidazole rings is 1. The molecule has 3 rings (SSSR count). The van der Waals surface area contributed by atoms with Gasteiger partial charge >= 0.3 is 0 Å². The fraction of sp³-hybridized carbons (Fsp3) is 0.481. The molecule has 34 heavy (non-hydrogen) atoms. The average molecular weight is 482 g/mol. The second kappa shape index (κ2) is 9.54. The van der Waals surface area contributed by atoms with Crippen molar-refractivity contribution in [3.05, 3.63) is 64.6 Å². The van der Waals surface area contributed by atoms with Crippen LogP contribution in [0.2, 0.25) is 18.1 Å². The molecule has 0 saturated heterocycles. The number of aliphatic hydroxyl groups is 1. The molecule has 0 aliphatic carbocycles. The highest BCUT2D eigenvalue weighted by Gasteiger charge is 2.40. The molecular formula is C27H39N3O3Si. The maximum absolute atomic E-state index is 13.3. The van der Waals surface area contributed by atoms with Gasteiger partial charge in [-0.15, -0.1) is 0 Å². The average Bonchev–Trinajstić information content (AvgIpc) is 3.05. The minimum atomic E-state index is -2.25. The summed E-state index contributed by atoms with van der Waals surface area (Å²) in [5.41, 5.74) is 4.90. The van der Waals surface area contributed by atoms with E-state index in [-0.39, 0.29) is 10.9 Å². The van der Waals surface area contributed by atoms with E-state index in [1.54, 1.807) is 19.0 Å². The predicted molar refractivity (Wildman–Crippen MR) is 140 cm³/mol. The maximum Gasteiger partial charge on any atom is 0.255 e. The maximum atomic E-state index is 13.3. The van der Waals surface area contributed by atoms with Gasteiger partial charge in [-0.1, -0.05) is 51.1 Å². The zero-order chi connectivity index (χ0) is 25.4. The van der Waals surface area contributed by atoms with E-state index in [4.69, 9.17) is 9.41 Å². The summed E-state index contributed by atoms with van der Waals surface area (Å²) in [6.07, 6.45) is 2.22. The van der Waals surface area contributed by atoms with E-state index in [0.29, 0.717) is 24.2 Å². The molecule has 0 bridgehead atoms. The van der Waals surface area contributed by atoms with Crippen LogP contribution in [-0.4, -0.2) is 47.7 Å². The number of aryl methyl sites for hydroxylation is 2. The molecule has 184 valence electrons. The van der Waals surface area contributed by atoms with Gasteiger partial charge in [0.25, 0.3) is 14.2 Å². The van der Waals surface area contributed by atoms with Gasteiger partial charge in [0.2, 0.25) is 0 Å². The number of benzene rings is 1. The molecule has 7 heteroatoms. The third-order valence-electron chi connectivity index (χ3n) is 7.10. The SMILES string of the molecule is Cc1nc2c(O[Si](C)(C)C(C)(C)C)c(CCC(O)c3ccccc3)c(C(=O)N(C)C)cn2c1C. The molecule has 0 spiro atoms. The Morgan fingerprint density at radius 3 is 2.35 bits per heavy atom. The zero-order valence-corrected chi connectivity index (χ0v) is 23.1. The van der Waals surface area contributed by atoms with Gasteiger partial charge in [0.1, 0.15) is 0 Å². The molecule has 1 amide bonds. The van der Waals surface area contributed by atoms with Crippen LogP contribution in [-0.2, 0) is 6.42 Å². The number of carbonyl (C=O) groups excluding carboxylic acids is 1. The Morgan fingerprint density at radius 1 is 1.18 bits per heavy atom. The number of fused-ring (bicyclic) bond motifs is 1. The lowest BCUT2D eigenvalue weighted by atomic mass is 9.98. The summed E-state index contributed by atoms with van der Waals surface area (Å²) < 4.78 is 8.87. The van der Waals surface area contributed by atoms with Gasteiger partial charge in [0.05, 0.1) is 17.4 Å². The molecule has 2 aromatic heterocycles. The van der Waals surface area contributed by atoms with Crippen molar-refractivity contribution in [3.63, 3.8) is 0 Å². The van der Waals surface area contributed by atoms with Crippen LogP contribution < -0.4 is 4.43 Å². The Hall–Kier alpha value is -2.64. The fourth-order valence-electron chi connectivity index (χ4n) is 3.72. The summed E-state index contributed by atoms with van der Waals surface area (Å²) in [4.78, 5) is 19.8. The number of amides is 1. The van der Waals surface area contributed by atoms with Crippen LogP contribution in [0.15, 0.2) is 36.5 Å². The predicted octanol–water partition coefficient (Wildman–Crippen LogP) is 5.70. The van der Waals surface area contributed by atoms with Crippen LogP contribution >= 0.6 is 0 Å². The molecule has 0 fully saturated rings. The van der Waals surface area contributed by atoms with Gasteiger partial charge in [0.15, 0.2) is 11.4 Å². The zero-order valence-electron chi connectivity index (χ0n) is 22.1. The quantitative estimate of drug-likeness (QED) is 0.439. The fourth-order valence-corrected chi connectivity index (χ4v) is 4.75. The van der Waals surface area contributed by atoms with Gasteiger partial charge in [-0.25, -0.2) is 4.98 Å². The van der Waals surface area contributed by atoms with Crippen molar-refractivity contribution in [1.82, 2.24) is 14.3 Å². The van der Waals surface area contributed by atoms with E-state index in [0.717, 1.165) is 28.2 Å². The number of nitrogens with zero attached hydrogens (tertiary/aromatic N) is 3. The van der Waals surface area contributed by atoms with Crippen molar-refractivity contribution in [3.8, 4) is 5.75 Å². The number of hydrogen-bond acceptors (Lipinski definition) is 4. The lowest BCUT2D eigenvalue weighted by Gasteiger charge is -2.37. The van der Waals surface area contributed by atoms with E-state index >= 15 is 0 Å². The van der Waals surface area contributed by atoms with Gasteiger partial charge in [0, 0.05) is 31.5 Å². The van der Waals surface area contributed by atoms with Crippen LogP contribution in [0.5, 0.6) is 5.75 Å². The van der Waals surface area contributed by atoms with E-state index in [1.807, 2.05) is 54.8 Å². The third kappa shape index (κ3) is 5.05. The molecule has 0 saturated carbocycles. The molecule has 1 atom stereocenters. The molecular weight excluding hydrogens is 442 g/mol. The first-order valence-corrected chi connectivity index (χ1v) is 14.8. The topological polar surface area (TPSA) is 67.1 Å². The molecule has 0 radical (unpaired) electrons. The van der Waals surface area contributed by atoms with Gasteiger partial charge in [-0.2, -0.15) is 0 Å². The second-order valence-corrected chi connectivity index (χ2v) is 15.6. The largest absolute Gasteiger partial charge is 0.541 e. The van der Waals surface area contributed by atoms with Crippen LogP contribution in [0, 0.1) is 13.8 Å². The minimum Gasteiger partial charge on any atom is -0.541 e. The molecule has 0 aliphatic heterocycles. The molecule has 2 heterocycles. The standard InChI is InChI=1S/C27H39N3O3Si/c1-18-19(2)30-17-22(26(32)29(6)7)21(15-16-23(31)20-13-11-10-12-14-20)24(25(30)28-18)33-34(8,9)27(3,4)5/h10-14,17,23,31H,15-16H2,1-9H3. The van der Waals surface area contributed by atoms with Crippen molar-refractivity contribution in [2.45, 2.75) is 71.7 Å². The van der Waals surface area contributed by atoms with Gasteiger partial charge in [-0.05, 0) is 50.4 Å². The van der Waals surface area contributed by atoms with Crippen LogP contribution in [0.1, 0.15) is 66.2 Å². The van der Waals surface area contributed by atoms with Crippen LogP contribution in [0.3, 0.4) is 0 Å². The Balaban J connectivity index is 2.21. The van der Waals surface area contributed by atoms with E-state index in [9.17, 15) is 9.90 Å². The highest BCUT2D eigenvalue weighted by atomic mass is 28.4. The second-order valence-electron chi connectivity index (χ2n) is 10.9. The molecule has 1 N–H and O–H groups in total. The summed E-state index contributed by atoms with van der Waals surface area (Å²) in [5, 5.41) is 10.9. The Kier molecular flexibility index (Phi) is 7.29. The van der Waals surface area contributed by atoms with Crippen LogP contribution in [0.4, 0.5) is 0 Å². The van der Waals surface area contributed by atoms with Crippen molar-refractivity contribution < 1.29 is 14.3 Å². The molecule has 1 aromatic carbocycles. The molecule has 0 aliphatic rings. The number of aliphatic hydroxyl groups excluding tert-OH is 1. The smallest absolute Gasteiger partial charge is 0.255 e. The molecule has 1 unspecified atom stereocenters.